The van der Waals surface area contributed by atoms with E-state index in [9.17, 15) is 9.90 Å². The topological polar surface area (TPSA) is 69.6 Å². The predicted octanol–water partition coefficient (Wildman–Crippen LogP) is 4.78. The molecule has 5 rings (SSSR count). The number of halogens is 2. The molecule has 1 aliphatic carbocycles. The Morgan fingerprint density at radius 2 is 1.97 bits per heavy atom. The van der Waals surface area contributed by atoms with Crippen LogP contribution >= 0.6 is 11.6 Å². The predicted molar refractivity (Wildman–Crippen MR) is 131 cm³/mol. The number of aromatic nitrogens is 2. The first kappa shape index (κ1) is 22.3. The molecule has 34 heavy (non-hydrogen) atoms. The number of hydrogen-bond donors (Lipinski definition) is 1. The van der Waals surface area contributed by atoms with Crippen LogP contribution in [-0.4, -0.2) is 52.1 Å². The SMILES string of the molecule is C/C=C/C(=O)N1CCN(c2ncnc3c(F)c(C4C=C(O)Cc5ccccc54)c(Cl)cc23)CC1. The minimum atomic E-state index is -0.515. The lowest BCUT2D eigenvalue weighted by Gasteiger charge is -2.35. The van der Waals surface area contributed by atoms with Gasteiger partial charge in [0.05, 0.1) is 5.76 Å². The summed E-state index contributed by atoms with van der Waals surface area (Å²) in [6, 6.07) is 9.38. The van der Waals surface area contributed by atoms with Crippen molar-refractivity contribution in [3.63, 3.8) is 0 Å². The fourth-order valence-corrected chi connectivity index (χ4v) is 5.14. The lowest BCUT2D eigenvalue weighted by atomic mass is 9.82. The summed E-state index contributed by atoms with van der Waals surface area (Å²) in [6.45, 7) is 4.06. The standard InChI is InChI=1S/C26H24ClFN4O2/c1-2-5-22(34)31-8-10-32(11-9-31)26-20-14-21(27)23(24(28)25(20)29-15-30-26)19-13-17(33)12-16-6-3-4-7-18(16)19/h2-7,13-15,19,33H,8-12H2,1H3/b5-2+. The highest BCUT2D eigenvalue weighted by Gasteiger charge is 2.29. The van der Waals surface area contributed by atoms with Gasteiger partial charge in [-0.3, -0.25) is 4.79 Å². The van der Waals surface area contributed by atoms with E-state index in [1.807, 2.05) is 36.1 Å². The summed E-state index contributed by atoms with van der Waals surface area (Å²) in [7, 11) is 0. The van der Waals surface area contributed by atoms with Gasteiger partial charge in [0.1, 0.15) is 17.7 Å². The van der Waals surface area contributed by atoms with E-state index < -0.39 is 11.7 Å². The number of nitrogens with zero attached hydrogens (tertiary/aromatic N) is 4. The average molecular weight is 479 g/mol. The summed E-state index contributed by atoms with van der Waals surface area (Å²) >= 11 is 6.68. The second-order valence-corrected chi connectivity index (χ2v) is 8.91. The fourth-order valence-electron chi connectivity index (χ4n) is 4.83. The average Bonchev–Trinajstić information content (AvgIpc) is 2.84. The van der Waals surface area contributed by atoms with E-state index in [0.717, 1.165) is 11.1 Å². The van der Waals surface area contributed by atoms with Crippen LogP contribution in [0.25, 0.3) is 10.9 Å². The number of carbonyl (C=O) groups is 1. The van der Waals surface area contributed by atoms with E-state index in [1.54, 1.807) is 29.2 Å². The maximum absolute atomic E-state index is 16.0. The van der Waals surface area contributed by atoms with Crippen LogP contribution in [0.1, 0.15) is 29.5 Å². The molecule has 1 aromatic heterocycles. The van der Waals surface area contributed by atoms with E-state index in [-0.39, 0.29) is 22.2 Å². The number of allylic oxidation sites excluding steroid dienone is 3. The molecular weight excluding hydrogens is 455 g/mol. The molecule has 2 heterocycles. The number of piperazine rings is 1. The third-order valence-corrected chi connectivity index (χ3v) is 6.78. The quantitative estimate of drug-likeness (QED) is 0.549. The first-order chi connectivity index (χ1) is 16.5. The second kappa shape index (κ2) is 9.06. The zero-order valence-corrected chi connectivity index (χ0v) is 19.5. The fraction of sp³-hybridized carbons (Fsp3) is 0.269. The zero-order chi connectivity index (χ0) is 23.8. The van der Waals surface area contributed by atoms with Crippen molar-refractivity contribution in [3.05, 3.63) is 88.2 Å². The van der Waals surface area contributed by atoms with Gasteiger partial charge in [0, 0.05) is 54.5 Å². The Balaban J connectivity index is 1.53. The number of amides is 1. The molecule has 1 amide bonds. The van der Waals surface area contributed by atoms with E-state index >= 15 is 4.39 Å². The molecule has 0 saturated carbocycles. The van der Waals surface area contributed by atoms with Gasteiger partial charge in [0.25, 0.3) is 0 Å². The van der Waals surface area contributed by atoms with Crippen LogP contribution < -0.4 is 4.90 Å². The van der Waals surface area contributed by atoms with Crippen LogP contribution in [0.5, 0.6) is 0 Å². The van der Waals surface area contributed by atoms with Gasteiger partial charge >= 0.3 is 0 Å². The Kier molecular flexibility index (Phi) is 5.96. The minimum Gasteiger partial charge on any atom is -0.512 e. The number of fused-ring (bicyclic) bond motifs is 2. The van der Waals surface area contributed by atoms with Crippen LogP contribution in [0.3, 0.4) is 0 Å². The Bertz CT molecular complexity index is 1330. The first-order valence-electron chi connectivity index (χ1n) is 11.2. The molecule has 8 heteroatoms. The lowest BCUT2D eigenvalue weighted by molar-refractivity contribution is -0.126. The van der Waals surface area contributed by atoms with Gasteiger partial charge in [-0.2, -0.15) is 0 Å². The van der Waals surface area contributed by atoms with Crippen molar-refractivity contribution in [2.75, 3.05) is 31.1 Å². The molecule has 1 unspecified atom stereocenters. The summed E-state index contributed by atoms with van der Waals surface area (Å²) in [6.07, 6.45) is 6.71. The number of aliphatic hydroxyl groups is 1. The number of aliphatic hydroxyl groups excluding tert-OH is 1. The smallest absolute Gasteiger partial charge is 0.246 e. The van der Waals surface area contributed by atoms with Gasteiger partial charge < -0.3 is 14.9 Å². The highest BCUT2D eigenvalue weighted by atomic mass is 35.5. The highest BCUT2D eigenvalue weighted by Crippen LogP contribution is 2.42. The summed E-state index contributed by atoms with van der Waals surface area (Å²) in [4.78, 5) is 24.6. The Labute approximate surface area is 202 Å². The molecule has 2 aliphatic rings. The Morgan fingerprint density at radius 3 is 2.74 bits per heavy atom. The number of hydrogen-bond acceptors (Lipinski definition) is 5. The number of benzene rings is 2. The van der Waals surface area contributed by atoms with Crippen molar-refractivity contribution in [2.24, 2.45) is 0 Å². The van der Waals surface area contributed by atoms with Gasteiger partial charge in [-0.15, -0.1) is 0 Å². The van der Waals surface area contributed by atoms with E-state index in [2.05, 4.69) is 9.97 Å². The summed E-state index contributed by atoms with van der Waals surface area (Å²) in [5, 5.41) is 11.1. The van der Waals surface area contributed by atoms with Crippen molar-refractivity contribution >= 4 is 34.2 Å². The summed E-state index contributed by atoms with van der Waals surface area (Å²) in [5.74, 6) is -0.261. The first-order valence-corrected chi connectivity index (χ1v) is 11.6. The molecule has 3 aromatic rings. The van der Waals surface area contributed by atoms with Crippen molar-refractivity contribution in [1.29, 1.82) is 0 Å². The van der Waals surface area contributed by atoms with Crippen LogP contribution in [0.4, 0.5) is 10.2 Å². The summed E-state index contributed by atoms with van der Waals surface area (Å²) < 4.78 is 16.0. The van der Waals surface area contributed by atoms with E-state index in [1.165, 1.54) is 6.33 Å². The van der Waals surface area contributed by atoms with Crippen molar-refractivity contribution in [2.45, 2.75) is 19.3 Å². The zero-order valence-electron chi connectivity index (χ0n) is 18.7. The molecule has 1 atom stereocenters. The van der Waals surface area contributed by atoms with E-state index in [0.29, 0.717) is 49.4 Å². The molecule has 6 nitrogen and oxygen atoms in total. The Hall–Kier alpha value is -3.45. The molecule has 0 spiro atoms. The number of anilines is 1. The molecule has 1 aliphatic heterocycles. The molecule has 1 N–H and O–H groups in total. The molecule has 1 saturated heterocycles. The van der Waals surface area contributed by atoms with Crippen molar-refractivity contribution in [3.8, 4) is 0 Å². The van der Waals surface area contributed by atoms with Crippen LogP contribution in [-0.2, 0) is 11.2 Å². The molecule has 2 aromatic carbocycles. The highest BCUT2D eigenvalue weighted by molar-refractivity contribution is 6.32. The van der Waals surface area contributed by atoms with Crippen LogP contribution in [0.2, 0.25) is 5.02 Å². The monoisotopic (exact) mass is 478 g/mol. The van der Waals surface area contributed by atoms with Crippen LogP contribution in [0, 0.1) is 5.82 Å². The molecule has 174 valence electrons. The van der Waals surface area contributed by atoms with Gasteiger partial charge in [-0.1, -0.05) is 41.9 Å². The van der Waals surface area contributed by atoms with Gasteiger partial charge in [0.15, 0.2) is 5.82 Å². The third-order valence-electron chi connectivity index (χ3n) is 6.47. The third kappa shape index (κ3) is 3.90. The summed E-state index contributed by atoms with van der Waals surface area (Å²) in [5.41, 5.74) is 2.33. The maximum Gasteiger partial charge on any atom is 0.246 e. The molecular formula is C26H24ClFN4O2. The maximum atomic E-state index is 16.0. The normalized spacial score (nSPS) is 18.3. The van der Waals surface area contributed by atoms with Gasteiger partial charge in [-0.05, 0) is 36.3 Å². The number of carbonyl (C=O) groups excluding carboxylic acids is 1. The van der Waals surface area contributed by atoms with Gasteiger partial charge in [-0.25, -0.2) is 14.4 Å². The molecule has 0 radical (unpaired) electrons. The Morgan fingerprint density at radius 1 is 1.21 bits per heavy atom. The molecule has 1 fully saturated rings. The minimum absolute atomic E-state index is 0.0162. The molecule has 0 bridgehead atoms. The number of rotatable bonds is 3. The van der Waals surface area contributed by atoms with Crippen molar-refractivity contribution in [1.82, 2.24) is 14.9 Å². The van der Waals surface area contributed by atoms with E-state index in [4.69, 9.17) is 11.6 Å². The lowest BCUT2D eigenvalue weighted by Crippen LogP contribution is -2.48. The van der Waals surface area contributed by atoms with Gasteiger partial charge in [0.2, 0.25) is 5.91 Å². The van der Waals surface area contributed by atoms with Crippen molar-refractivity contribution < 1.29 is 14.3 Å². The van der Waals surface area contributed by atoms with Crippen LogP contribution in [0.15, 0.2) is 60.6 Å². The second-order valence-electron chi connectivity index (χ2n) is 8.50. The largest absolute Gasteiger partial charge is 0.512 e.